The molecule has 0 heterocycles. The van der Waals surface area contributed by atoms with E-state index in [1.54, 1.807) is 6.92 Å². The third kappa shape index (κ3) is 10.4. The van der Waals surface area contributed by atoms with Gasteiger partial charge in [0.25, 0.3) is 0 Å². The fourth-order valence-electron chi connectivity index (χ4n) is 1.62. The van der Waals surface area contributed by atoms with Crippen LogP contribution in [0.25, 0.3) is 0 Å². The highest BCUT2D eigenvalue weighted by atomic mass is 16.4. The largest absolute Gasteiger partial charge is 0.481 e. The summed E-state index contributed by atoms with van der Waals surface area (Å²) in [4.78, 5) is 33.1. The standard InChI is InChI=1S/C15H23NO5/c1-10(2)5-4-6-11(3)9-13(17)16-12(15(20)21)7-8-14(18)19/h5,9,12H,4,6-8H2,1-3H3,(H,16,17)(H,18,19)(H,20,21)/b11-9+. The lowest BCUT2D eigenvalue weighted by atomic mass is 10.1. The van der Waals surface area contributed by atoms with Crippen molar-refractivity contribution < 1.29 is 24.6 Å². The summed E-state index contributed by atoms with van der Waals surface area (Å²) in [7, 11) is 0. The highest BCUT2D eigenvalue weighted by molar-refractivity contribution is 5.91. The molecule has 118 valence electrons. The van der Waals surface area contributed by atoms with Crippen molar-refractivity contribution in [1.29, 1.82) is 0 Å². The minimum absolute atomic E-state index is 0.138. The monoisotopic (exact) mass is 297 g/mol. The predicted octanol–water partition coefficient (Wildman–Crippen LogP) is 2.11. The van der Waals surface area contributed by atoms with Gasteiger partial charge in [0, 0.05) is 12.5 Å². The summed E-state index contributed by atoms with van der Waals surface area (Å²) in [5, 5.41) is 19.8. The second-order valence-electron chi connectivity index (χ2n) is 5.14. The lowest BCUT2D eigenvalue weighted by molar-refractivity contribution is -0.142. The highest BCUT2D eigenvalue weighted by Crippen LogP contribution is 2.07. The van der Waals surface area contributed by atoms with Gasteiger partial charge in [-0.05, 0) is 40.0 Å². The van der Waals surface area contributed by atoms with Gasteiger partial charge in [0.1, 0.15) is 6.04 Å². The summed E-state index contributed by atoms with van der Waals surface area (Å²) < 4.78 is 0. The van der Waals surface area contributed by atoms with E-state index in [1.165, 1.54) is 11.6 Å². The van der Waals surface area contributed by atoms with E-state index in [-0.39, 0.29) is 12.8 Å². The third-order valence-electron chi connectivity index (χ3n) is 2.73. The zero-order chi connectivity index (χ0) is 16.4. The van der Waals surface area contributed by atoms with Crippen molar-refractivity contribution in [2.24, 2.45) is 0 Å². The topological polar surface area (TPSA) is 104 Å². The number of carbonyl (C=O) groups excluding carboxylic acids is 1. The van der Waals surface area contributed by atoms with Gasteiger partial charge in [-0.2, -0.15) is 0 Å². The Morgan fingerprint density at radius 1 is 1.10 bits per heavy atom. The summed E-state index contributed by atoms with van der Waals surface area (Å²) in [6, 6.07) is -1.18. The molecule has 0 bridgehead atoms. The number of amides is 1. The maximum absolute atomic E-state index is 11.7. The summed E-state index contributed by atoms with van der Waals surface area (Å²) in [5.41, 5.74) is 2.04. The Kier molecular flexibility index (Phi) is 8.76. The van der Waals surface area contributed by atoms with Crippen LogP contribution in [0, 0.1) is 0 Å². The Labute approximate surface area is 124 Å². The first kappa shape index (κ1) is 18.9. The van der Waals surface area contributed by atoms with E-state index >= 15 is 0 Å². The minimum atomic E-state index is -1.24. The van der Waals surface area contributed by atoms with Gasteiger partial charge in [0.2, 0.25) is 5.91 Å². The number of carboxylic acid groups (broad SMARTS) is 2. The molecule has 0 aromatic heterocycles. The minimum Gasteiger partial charge on any atom is -0.481 e. The van der Waals surface area contributed by atoms with Gasteiger partial charge in [-0.25, -0.2) is 4.79 Å². The van der Waals surface area contributed by atoms with E-state index in [0.717, 1.165) is 12.0 Å². The number of rotatable bonds is 9. The molecule has 1 amide bonds. The van der Waals surface area contributed by atoms with Crippen molar-refractivity contribution in [2.75, 3.05) is 0 Å². The molecular weight excluding hydrogens is 274 g/mol. The molecule has 1 unspecified atom stereocenters. The summed E-state index contributed by atoms with van der Waals surface area (Å²) in [6.45, 7) is 5.78. The third-order valence-corrected chi connectivity index (χ3v) is 2.73. The van der Waals surface area contributed by atoms with Crippen LogP contribution in [0.2, 0.25) is 0 Å². The average molecular weight is 297 g/mol. The predicted molar refractivity (Wildman–Crippen MR) is 78.9 cm³/mol. The van der Waals surface area contributed by atoms with Gasteiger partial charge in [-0.1, -0.05) is 17.2 Å². The molecule has 0 aliphatic heterocycles. The maximum Gasteiger partial charge on any atom is 0.326 e. The zero-order valence-electron chi connectivity index (χ0n) is 12.7. The molecular formula is C15H23NO5. The normalized spacial score (nSPS) is 12.4. The van der Waals surface area contributed by atoms with Gasteiger partial charge in [0.05, 0.1) is 0 Å². The Morgan fingerprint density at radius 2 is 1.71 bits per heavy atom. The smallest absolute Gasteiger partial charge is 0.326 e. The van der Waals surface area contributed by atoms with E-state index in [9.17, 15) is 14.4 Å². The lowest BCUT2D eigenvalue weighted by Gasteiger charge is -2.12. The molecule has 1 atom stereocenters. The first-order valence-electron chi connectivity index (χ1n) is 6.78. The zero-order valence-corrected chi connectivity index (χ0v) is 12.7. The number of hydrogen-bond acceptors (Lipinski definition) is 3. The summed E-state index contributed by atoms with van der Waals surface area (Å²) in [6.07, 6.45) is 4.50. The van der Waals surface area contributed by atoms with E-state index in [4.69, 9.17) is 10.2 Å². The summed E-state index contributed by atoms with van der Waals surface area (Å²) in [5.74, 6) is -2.84. The average Bonchev–Trinajstić information content (AvgIpc) is 2.33. The molecule has 0 aliphatic rings. The molecule has 0 fully saturated rings. The van der Waals surface area contributed by atoms with Crippen LogP contribution < -0.4 is 5.32 Å². The molecule has 0 spiro atoms. The Balaban J connectivity index is 4.44. The number of carboxylic acids is 2. The highest BCUT2D eigenvalue weighted by Gasteiger charge is 2.19. The van der Waals surface area contributed by atoms with Crippen molar-refractivity contribution in [3.8, 4) is 0 Å². The van der Waals surface area contributed by atoms with Crippen molar-refractivity contribution >= 4 is 17.8 Å². The number of nitrogens with one attached hydrogen (secondary N) is 1. The second kappa shape index (κ2) is 9.74. The van der Waals surface area contributed by atoms with Crippen LogP contribution in [0.15, 0.2) is 23.3 Å². The van der Waals surface area contributed by atoms with Gasteiger partial charge in [-0.15, -0.1) is 0 Å². The van der Waals surface area contributed by atoms with Crippen molar-refractivity contribution in [3.05, 3.63) is 23.3 Å². The van der Waals surface area contributed by atoms with Crippen molar-refractivity contribution in [1.82, 2.24) is 5.32 Å². The Hall–Kier alpha value is -2.11. The van der Waals surface area contributed by atoms with E-state index in [2.05, 4.69) is 11.4 Å². The lowest BCUT2D eigenvalue weighted by Crippen LogP contribution is -2.40. The molecule has 0 aromatic carbocycles. The number of aliphatic carboxylic acids is 2. The molecule has 6 heteroatoms. The first-order valence-corrected chi connectivity index (χ1v) is 6.78. The van der Waals surface area contributed by atoms with Crippen molar-refractivity contribution in [2.45, 2.75) is 52.5 Å². The molecule has 0 aromatic rings. The molecule has 0 saturated heterocycles. The Morgan fingerprint density at radius 3 is 2.19 bits per heavy atom. The van der Waals surface area contributed by atoms with E-state index < -0.39 is 23.9 Å². The quantitative estimate of drug-likeness (QED) is 0.446. The summed E-state index contributed by atoms with van der Waals surface area (Å²) >= 11 is 0. The number of allylic oxidation sites excluding steroid dienone is 3. The molecule has 0 rings (SSSR count). The van der Waals surface area contributed by atoms with Crippen molar-refractivity contribution in [3.63, 3.8) is 0 Å². The Bertz CT molecular complexity index is 447. The van der Waals surface area contributed by atoms with Gasteiger partial charge < -0.3 is 15.5 Å². The van der Waals surface area contributed by atoms with Crippen LogP contribution in [0.1, 0.15) is 46.5 Å². The van der Waals surface area contributed by atoms with E-state index in [1.807, 2.05) is 13.8 Å². The number of carbonyl (C=O) groups is 3. The van der Waals surface area contributed by atoms with Crippen LogP contribution in [0.5, 0.6) is 0 Å². The van der Waals surface area contributed by atoms with Crippen LogP contribution >= 0.6 is 0 Å². The van der Waals surface area contributed by atoms with Crippen LogP contribution in [-0.2, 0) is 14.4 Å². The fourth-order valence-corrected chi connectivity index (χ4v) is 1.62. The molecule has 3 N–H and O–H groups in total. The first-order chi connectivity index (χ1) is 9.72. The molecule has 21 heavy (non-hydrogen) atoms. The van der Waals surface area contributed by atoms with Crippen LogP contribution in [0.4, 0.5) is 0 Å². The molecule has 6 nitrogen and oxygen atoms in total. The van der Waals surface area contributed by atoms with Gasteiger partial charge >= 0.3 is 11.9 Å². The van der Waals surface area contributed by atoms with Gasteiger partial charge in [0.15, 0.2) is 0 Å². The molecule has 0 aliphatic carbocycles. The van der Waals surface area contributed by atoms with Crippen LogP contribution in [-0.4, -0.2) is 34.1 Å². The van der Waals surface area contributed by atoms with Gasteiger partial charge in [-0.3, -0.25) is 9.59 Å². The maximum atomic E-state index is 11.7. The SMILES string of the molecule is CC(C)=CCC/C(C)=C/C(=O)NC(CCC(=O)O)C(=O)O. The molecule has 0 radical (unpaired) electrons. The fraction of sp³-hybridized carbons (Fsp3) is 0.533. The second-order valence-corrected chi connectivity index (χ2v) is 5.14. The van der Waals surface area contributed by atoms with E-state index in [0.29, 0.717) is 6.42 Å². The number of hydrogen-bond donors (Lipinski definition) is 3. The molecule has 0 saturated carbocycles. The van der Waals surface area contributed by atoms with Crippen LogP contribution in [0.3, 0.4) is 0 Å².